The summed E-state index contributed by atoms with van der Waals surface area (Å²) in [6, 6.07) is 5.42. The number of fused-ring (bicyclic) bond motifs is 1. The van der Waals surface area contributed by atoms with Gasteiger partial charge >= 0.3 is 5.97 Å². The first-order valence-corrected chi connectivity index (χ1v) is 6.97. The second kappa shape index (κ2) is 6.31. The van der Waals surface area contributed by atoms with Crippen LogP contribution in [0.2, 0.25) is 0 Å². The Labute approximate surface area is 128 Å². The Balaban J connectivity index is 2.68. The summed E-state index contributed by atoms with van der Waals surface area (Å²) in [6.45, 7) is 5.80. The van der Waals surface area contributed by atoms with Gasteiger partial charge in [0.2, 0.25) is 5.88 Å². The van der Waals surface area contributed by atoms with Gasteiger partial charge < -0.3 is 9.84 Å². The smallest absolute Gasteiger partial charge is 0.346 e. The zero-order valence-corrected chi connectivity index (χ0v) is 12.7. The highest BCUT2D eigenvalue weighted by molar-refractivity contribution is 5.96. The second-order valence-electron chi connectivity index (χ2n) is 5.00. The molecule has 114 valence electrons. The van der Waals surface area contributed by atoms with Gasteiger partial charge in [0.05, 0.1) is 6.10 Å². The topological polar surface area (TPSA) is 87.6 Å². The summed E-state index contributed by atoms with van der Waals surface area (Å²) in [5.41, 5.74) is 1.70. The van der Waals surface area contributed by atoms with Crippen LogP contribution in [0, 0.1) is 18.3 Å². The zero-order chi connectivity index (χ0) is 16.3. The molecule has 22 heavy (non-hydrogen) atoms. The van der Waals surface area contributed by atoms with Gasteiger partial charge in [-0.15, -0.1) is 0 Å². The van der Waals surface area contributed by atoms with Crippen molar-refractivity contribution in [2.45, 2.75) is 33.3 Å². The molecular formula is C16H17N3O3. The third kappa shape index (κ3) is 2.93. The lowest BCUT2D eigenvalue weighted by molar-refractivity contribution is -0.132. The largest absolute Gasteiger partial charge is 0.477 e. The molecule has 6 heteroatoms. The molecule has 0 aliphatic rings. The van der Waals surface area contributed by atoms with E-state index in [0.29, 0.717) is 17.2 Å². The van der Waals surface area contributed by atoms with Crippen molar-refractivity contribution in [1.29, 1.82) is 5.26 Å². The summed E-state index contributed by atoms with van der Waals surface area (Å²) < 4.78 is 7.51. The molecule has 2 aromatic rings. The van der Waals surface area contributed by atoms with Crippen molar-refractivity contribution in [3.63, 3.8) is 0 Å². The Hall–Kier alpha value is -2.81. The Kier molecular flexibility index (Phi) is 4.47. The number of pyridine rings is 1. The minimum absolute atomic E-state index is 0.0623. The predicted molar refractivity (Wildman–Crippen MR) is 81.5 cm³/mol. The summed E-state index contributed by atoms with van der Waals surface area (Å²) >= 11 is 0. The third-order valence-electron chi connectivity index (χ3n) is 3.37. The van der Waals surface area contributed by atoms with Crippen molar-refractivity contribution >= 4 is 17.7 Å². The number of rotatable bonds is 5. The third-order valence-corrected chi connectivity index (χ3v) is 3.37. The van der Waals surface area contributed by atoms with Crippen LogP contribution in [-0.2, 0) is 4.79 Å². The molecule has 0 bridgehead atoms. The lowest BCUT2D eigenvalue weighted by atomic mass is 10.2. The second-order valence-corrected chi connectivity index (χ2v) is 5.00. The van der Waals surface area contributed by atoms with E-state index < -0.39 is 5.97 Å². The number of aliphatic carboxylic acids is 1. The lowest BCUT2D eigenvalue weighted by Crippen LogP contribution is -2.11. The summed E-state index contributed by atoms with van der Waals surface area (Å²) in [5, 5.41) is 18.0. The number of ether oxygens (including phenoxy) is 1. The Morgan fingerprint density at radius 3 is 2.95 bits per heavy atom. The number of carbonyl (C=O) groups is 1. The van der Waals surface area contributed by atoms with Gasteiger partial charge in [0, 0.05) is 6.20 Å². The Bertz CT molecular complexity index is 784. The van der Waals surface area contributed by atoms with Crippen LogP contribution in [0.25, 0.3) is 11.7 Å². The van der Waals surface area contributed by atoms with E-state index in [9.17, 15) is 4.79 Å². The molecule has 0 aromatic carbocycles. The molecule has 0 spiro atoms. The van der Waals surface area contributed by atoms with E-state index in [1.54, 1.807) is 16.7 Å². The number of nitriles is 1. The van der Waals surface area contributed by atoms with Crippen molar-refractivity contribution in [3.8, 4) is 11.9 Å². The van der Waals surface area contributed by atoms with E-state index in [1.165, 1.54) is 6.08 Å². The van der Waals surface area contributed by atoms with Crippen LogP contribution in [-0.4, -0.2) is 26.6 Å². The normalized spacial score (nSPS) is 12.9. The van der Waals surface area contributed by atoms with E-state index in [-0.39, 0.29) is 11.7 Å². The first-order valence-electron chi connectivity index (χ1n) is 6.97. The van der Waals surface area contributed by atoms with E-state index in [2.05, 4.69) is 4.98 Å². The van der Waals surface area contributed by atoms with Gasteiger partial charge in [-0.05, 0) is 38.0 Å². The van der Waals surface area contributed by atoms with Crippen LogP contribution in [0.3, 0.4) is 0 Å². The quantitative estimate of drug-likeness (QED) is 0.677. The summed E-state index contributed by atoms with van der Waals surface area (Å²) in [5.74, 6) is -0.947. The van der Waals surface area contributed by atoms with Crippen molar-refractivity contribution in [2.75, 3.05) is 0 Å². The number of imidazole rings is 1. The van der Waals surface area contributed by atoms with Crippen LogP contribution >= 0.6 is 0 Å². The Morgan fingerprint density at radius 1 is 1.64 bits per heavy atom. The molecule has 0 aliphatic carbocycles. The number of hydrogen-bond acceptors (Lipinski definition) is 4. The number of nitrogens with zero attached hydrogens (tertiary/aromatic N) is 3. The molecule has 1 atom stereocenters. The fourth-order valence-electron chi connectivity index (χ4n) is 1.97. The SMILES string of the molecule is CCC(C)Oc1nc2c(C)cccn2c1C=C(C#N)C(=O)O. The van der Waals surface area contributed by atoms with Crippen LogP contribution in [0.5, 0.6) is 5.88 Å². The number of hydrogen-bond donors (Lipinski definition) is 1. The van der Waals surface area contributed by atoms with Crippen LogP contribution in [0.15, 0.2) is 23.9 Å². The van der Waals surface area contributed by atoms with E-state index in [1.807, 2.05) is 32.9 Å². The van der Waals surface area contributed by atoms with E-state index >= 15 is 0 Å². The molecule has 2 heterocycles. The summed E-state index contributed by atoms with van der Waals surface area (Å²) in [4.78, 5) is 15.5. The molecule has 1 N–H and O–H groups in total. The molecule has 0 aliphatic heterocycles. The van der Waals surface area contributed by atoms with Gasteiger partial charge in [0.15, 0.2) is 0 Å². The molecule has 0 fully saturated rings. The van der Waals surface area contributed by atoms with Crippen molar-refractivity contribution < 1.29 is 14.6 Å². The standard InChI is InChI=1S/C16H17N3O3/c1-4-11(3)22-15-13(8-12(9-17)16(20)21)19-7-5-6-10(2)14(19)18-15/h5-8,11H,4H2,1-3H3,(H,20,21). The van der Waals surface area contributed by atoms with Crippen molar-refractivity contribution in [3.05, 3.63) is 35.2 Å². The maximum atomic E-state index is 11.1. The molecule has 2 aromatic heterocycles. The monoisotopic (exact) mass is 299 g/mol. The zero-order valence-electron chi connectivity index (χ0n) is 12.7. The van der Waals surface area contributed by atoms with E-state index in [4.69, 9.17) is 15.1 Å². The molecule has 0 saturated heterocycles. The molecule has 1 unspecified atom stereocenters. The van der Waals surface area contributed by atoms with Gasteiger partial charge in [-0.25, -0.2) is 4.79 Å². The Morgan fingerprint density at radius 2 is 2.36 bits per heavy atom. The molecule has 6 nitrogen and oxygen atoms in total. The lowest BCUT2D eigenvalue weighted by Gasteiger charge is -2.10. The predicted octanol–water partition coefficient (Wildman–Crippen LogP) is 2.81. The molecular weight excluding hydrogens is 282 g/mol. The van der Waals surface area contributed by atoms with Crippen LogP contribution in [0.4, 0.5) is 0 Å². The number of carboxylic acid groups (broad SMARTS) is 1. The van der Waals surface area contributed by atoms with Gasteiger partial charge in [0.25, 0.3) is 0 Å². The average molecular weight is 299 g/mol. The fourth-order valence-corrected chi connectivity index (χ4v) is 1.97. The van der Waals surface area contributed by atoms with Crippen LogP contribution < -0.4 is 4.74 Å². The fraction of sp³-hybridized carbons (Fsp3) is 0.312. The first-order chi connectivity index (χ1) is 10.5. The summed E-state index contributed by atoms with van der Waals surface area (Å²) in [6.07, 6.45) is 3.79. The first kappa shape index (κ1) is 15.6. The average Bonchev–Trinajstić information content (AvgIpc) is 2.83. The molecule has 2 rings (SSSR count). The number of aromatic nitrogens is 2. The highest BCUT2D eigenvalue weighted by Crippen LogP contribution is 2.25. The van der Waals surface area contributed by atoms with Crippen LogP contribution in [0.1, 0.15) is 31.5 Å². The number of aryl methyl sites for hydroxylation is 1. The van der Waals surface area contributed by atoms with E-state index in [0.717, 1.165) is 12.0 Å². The van der Waals surface area contributed by atoms with Crippen molar-refractivity contribution in [1.82, 2.24) is 9.38 Å². The molecule has 0 saturated carbocycles. The highest BCUT2D eigenvalue weighted by atomic mass is 16.5. The van der Waals surface area contributed by atoms with Gasteiger partial charge in [0.1, 0.15) is 23.0 Å². The van der Waals surface area contributed by atoms with Crippen molar-refractivity contribution in [2.24, 2.45) is 0 Å². The van der Waals surface area contributed by atoms with Gasteiger partial charge in [-0.1, -0.05) is 13.0 Å². The maximum absolute atomic E-state index is 11.1. The summed E-state index contributed by atoms with van der Waals surface area (Å²) in [7, 11) is 0. The number of carboxylic acids is 1. The maximum Gasteiger partial charge on any atom is 0.346 e. The molecule has 0 amide bonds. The highest BCUT2D eigenvalue weighted by Gasteiger charge is 2.17. The van der Waals surface area contributed by atoms with Gasteiger partial charge in [-0.2, -0.15) is 10.2 Å². The minimum atomic E-state index is -1.28. The minimum Gasteiger partial charge on any atom is -0.477 e. The van der Waals surface area contributed by atoms with Gasteiger partial charge in [-0.3, -0.25) is 4.40 Å². The molecule has 0 radical (unpaired) electrons.